The van der Waals surface area contributed by atoms with Crippen LogP contribution >= 0.6 is 0 Å². The Morgan fingerprint density at radius 3 is 2.30 bits per heavy atom. The molecular formula is C17H31NO2. The van der Waals surface area contributed by atoms with Crippen molar-refractivity contribution in [3.05, 3.63) is 18.4 Å². The minimum atomic E-state index is 0.383. The molecule has 1 aromatic heterocycles. The van der Waals surface area contributed by atoms with Crippen molar-refractivity contribution < 1.29 is 9.15 Å². The summed E-state index contributed by atoms with van der Waals surface area (Å²) >= 11 is 0. The lowest BCUT2D eigenvalue weighted by molar-refractivity contribution is 0.0175. The van der Waals surface area contributed by atoms with Crippen LogP contribution in [0.4, 0.5) is 0 Å². The molecule has 0 aliphatic heterocycles. The van der Waals surface area contributed by atoms with Crippen LogP contribution < -0.4 is 0 Å². The van der Waals surface area contributed by atoms with Crippen LogP contribution in [0.25, 0.3) is 0 Å². The fraction of sp³-hybridized carbons (Fsp3) is 0.824. The number of aromatic nitrogens is 1. The molecule has 0 saturated carbocycles. The van der Waals surface area contributed by atoms with Gasteiger partial charge in [-0.3, -0.25) is 0 Å². The second kappa shape index (κ2) is 12.0. The second-order valence-corrected chi connectivity index (χ2v) is 5.60. The zero-order valence-electron chi connectivity index (χ0n) is 13.3. The van der Waals surface area contributed by atoms with E-state index in [0.29, 0.717) is 12.7 Å². The summed E-state index contributed by atoms with van der Waals surface area (Å²) in [6, 6.07) is 0. The lowest BCUT2D eigenvalue weighted by Crippen LogP contribution is -2.13. The molecule has 116 valence electrons. The first-order valence-corrected chi connectivity index (χ1v) is 8.35. The quantitative estimate of drug-likeness (QED) is 0.448. The highest BCUT2D eigenvalue weighted by Gasteiger charge is 2.10. The Bertz CT molecular complexity index is 298. The average molecular weight is 281 g/mol. The van der Waals surface area contributed by atoms with E-state index in [2.05, 4.69) is 18.8 Å². The van der Waals surface area contributed by atoms with Crippen LogP contribution in [0.3, 0.4) is 0 Å². The van der Waals surface area contributed by atoms with Crippen molar-refractivity contribution in [3.63, 3.8) is 0 Å². The van der Waals surface area contributed by atoms with E-state index in [0.717, 1.165) is 5.76 Å². The third-order valence-corrected chi connectivity index (χ3v) is 3.70. The maximum Gasteiger partial charge on any atom is 0.180 e. The molecule has 1 atom stereocenters. The summed E-state index contributed by atoms with van der Waals surface area (Å²) in [5.74, 6) is 0.830. The number of ether oxygens (including phenoxy) is 1. The molecule has 0 fully saturated rings. The van der Waals surface area contributed by atoms with Gasteiger partial charge in [0.25, 0.3) is 0 Å². The van der Waals surface area contributed by atoms with Crippen molar-refractivity contribution in [1.82, 2.24) is 4.98 Å². The molecule has 3 heteroatoms. The van der Waals surface area contributed by atoms with Crippen molar-refractivity contribution >= 4 is 0 Å². The van der Waals surface area contributed by atoms with Crippen LogP contribution in [-0.4, -0.2) is 11.1 Å². The molecule has 20 heavy (non-hydrogen) atoms. The summed E-state index contributed by atoms with van der Waals surface area (Å²) in [7, 11) is 0. The van der Waals surface area contributed by atoms with Gasteiger partial charge in [0.1, 0.15) is 12.4 Å². The van der Waals surface area contributed by atoms with Crippen molar-refractivity contribution in [3.8, 4) is 0 Å². The van der Waals surface area contributed by atoms with E-state index in [9.17, 15) is 0 Å². The molecule has 0 spiro atoms. The number of hydrogen-bond acceptors (Lipinski definition) is 3. The van der Waals surface area contributed by atoms with Crippen molar-refractivity contribution in [2.24, 2.45) is 0 Å². The molecule has 3 nitrogen and oxygen atoms in total. The molecule has 0 aliphatic carbocycles. The van der Waals surface area contributed by atoms with Gasteiger partial charge in [-0.05, 0) is 12.8 Å². The predicted molar refractivity (Wildman–Crippen MR) is 82.6 cm³/mol. The van der Waals surface area contributed by atoms with Gasteiger partial charge in [0, 0.05) is 0 Å². The van der Waals surface area contributed by atoms with Crippen molar-refractivity contribution in [2.45, 2.75) is 90.8 Å². The molecule has 0 bridgehead atoms. The average Bonchev–Trinajstić information content (AvgIpc) is 2.97. The molecule has 1 unspecified atom stereocenters. The first-order chi connectivity index (χ1) is 9.86. The Hall–Kier alpha value is -0.830. The fourth-order valence-electron chi connectivity index (χ4n) is 2.42. The van der Waals surface area contributed by atoms with E-state index in [4.69, 9.17) is 9.15 Å². The van der Waals surface area contributed by atoms with Gasteiger partial charge in [-0.2, -0.15) is 0 Å². The van der Waals surface area contributed by atoms with Gasteiger partial charge in [-0.25, -0.2) is 4.98 Å². The monoisotopic (exact) mass is 281 g/mol. The Balaban J connectivity index is 2.19. The molecule has 1 rings (SSSR count). The molecule has 0 amide bonds. The number of oxazole rings is 1. The molecule has 1 aromatic rings. The Kier molecular flexibility index (Phi) is 10.3. The minimum Gasteiger partial charge on any atom is -0.446 e. The summed E-state index contributed by atoms with van der Waals surface area (Å²) in [5.41, 5.74) is 0. The van der Waals surface area contributed by atoms with E-state index in [-0.39, 0.29) is 0 Å². The summed E-state index contributed by atoms with van der Waals surface area (Å²) in [6.07, 6.45) is 16.4. The number of hydrogen-bond donors (Lipinski definition) is 0. The largest absolute Gasteiger partial charge is 0.446 e. The van der Waals surface area contributed by atoms with Crippen molar-refractivity contribution in [1.29, 1.82) is 0 Å². The van der Waals surface area contributed by atoms with Gasteiger partial charge >= 0.3 is 0 Å². The predicted octanol–water partition coefficient (Wildman–Crippen LogP) is 5.50. The fourth-order valence-corrected chi connectivity index (χ4v) is 2.42. The van der Waals surface area contributed by atoms with Crippen LogP contribution in [0, 0.1) is 0 Å². The Morgan fingerprint density at radius 2 is 1.65 bits per heavy atom. The van der Waals surface area contributed by atoms with E-state index in [1.54, 1.807) is 6.20 Å². The molecule has 0 N–H and O–H groups in total. The normalized spacial score (nSPS) is 12.7. The number of unbranched alkanes of at least 4 members (excludes halogenated alkanes) is 6. The van der Waals surface area contributed by atoms with Gasteiger partial charge in [0.15, 0.2) is 6.39 Å². The standard InChI is InChI=1S/C17H31NO2/c1-3-5-7-8-10-12-16(11-9-6-4-2)19-14-17-13-18-15-20-17/h13,15-16H,3-12,14H2,1-2H3. The molecular weight excluding hydrogens is 250 g/mol. The number of nitrogens with zero attached hydrogens (tertiary/aromatic N) is 1. The van der Waals surface area contributed by atoms with Gasteiger partial charge < -0.3 is 9.15 Å². The molecule has 0 saturated heterocycles. The first-order valence-electron chi connectivity index (χ1n) is 8.35. The van der Waals surface area contributed by atoms with Crippen LogP contribution in [0.1, 0.15) is 83.8 Å². The highest BCUT2D eigenvalue weighted by Crippen LogP contribution is 2.17. The van der Waals surface area contributed by atoms with Gasteiger partial charge in [0.2, 0.25) is 0 Å². The molecule has 0 radical (unpaired) electrons. The maximum absolute atomic E-state index is 6.01. The topological polar surface area (TPSA) is 35.3 Å². The molecule has 1 heterocycles. The summed E-state index contributed by atoms with van der Waals surface area (Å²) in [4.78, 5) is 3.92. The van der Waals surface area contributed by atoms with E-state index < -0.39 is 0 Å². The molecule has 0 aromatic carbocycles. The minimum absolute atomic E-state index is 0.383. The highest BCUT2D eigenvalue weighted by atomic mass is 16.5. The Morgan fingerprint density at radius 1 is 1.00 bits per heavy atom. The van der Waals surface area contributed by atoms with Gasteiger partial charge in [-0.15, -0.1) is 0 Å². The summed E-state index contributed by atoms with van der Waals surface area (Å²) < 4.78 is 11.2. The Labute approximate surface area is 124 Å². The third kappa shape index (κ3) is 8.36. The maximum atomic E-state index is 6.01. The lowest BCUT2D eigenvalue weighted by atomic mass is 10.0. The first kappa shape index (κ1) is 17.2. The smallest absolute Gasteiger partial charge is 0.180 e. The summed E-state index contributed by atoms with van der Waals surface area (Å²) in [6.45, 7) is 5.06. The van der Waals surface area contributed by atoms with Gasteiger partial charge in [0.05, 0.1) is 12.3 Å². The van der Waals surface area contributed by atoms with Crippen molar-refractivity contribution in [2.75, 3.05) is 0 Å². The third-order valence-electron chi connectivity index (χ3n) is 3.70. The zero-order valence-corrected chi connectivity index (χ0v) is 13.3. The van der Waals surface area contributed by atoms with Crippen LogP contribution in [0.15, 0.2) is 17.0 Å². The SMILES string of the molecule is CCCCCCCC(CCCCC)OCc1cnco1. The van der Waals surface area contributed by atoms with E-state index in [1.165, 1.54) is 70.6 Å². The second-order valence-electron chi connectivity index (χ2n) is 5.60. The van der Waals surface area contributed by atoms with Crippen LogP contribution in [0.5, 0.6) is 0 Å². The number of rotatable bonds is 13. The van der Waals surface area contributed by atoms with Crippen LogP contribution in [-0.2, 0) is 11.3 Å². The molecule has 0 aliphatic rings. The van der Waals surface area contributed by atoms with Gasteiger partial charge in [-0.1, -0.05) is 65.2 Å². The van der Waals surface area contributed by atoms with Crippen LogP contribution in [0.2, 0.25) is 0 Å². The highest BCUT2D eigenvalue weighted by molar-refractivity contribution is 4.85. The lowest BCUT2D eigenvalue weighted by Gasteiger charge is -2.17. The summed E-state index contributed by atoms with van der Waals surface area (Å²) in [5, 5.41) is 0. The van der Waals surface area contributed by atoms with E-state index >= 15 is 0 Å². The zero-order chi connectivity index (χ0) is 14.5. The van der Waals surface area contributed by atoms with E-state index in [1.807, 2.05) is 0 Å².